The Labute approximate surface area is 198 Å². The summed E-state index contributed by atoms with van der Waals surface area (Å²) in [7, 11) is -4.35. The minimum Gasteiger partial charge on any atom is -0.350 e. The lowest BCUT2D eigenvalue weighted by molar-refractivity contribution is -0.137. The van der Waals surface area contributed by atoms with E-state index in [0.29, 0.717) is 16.8 Å². The topological polar surface area (TPSA) is 66.5 Å². The van der Waals surface area contributed by atoms with Crippen molar-refractivity contribution in [2.45, 2.75) is 57.7 Å². The van der Waals surface area contributed by atoms with Crippen LogP contribution < -0.4 is 9.62 Å². The highest BCUT2D eigenvalue weighted by Crippen LogP contribution is 2.38. The predicted molar refractivity (Wildman–Crippen MR) is 124 cm³/mol. The first-order valence-electron chi connectivity index (χ1n) is 10.2. The number of amides is 1. The van der Waals surface area contributed by atoms with Gasteiger partial charge in [0.05, 0.1) is 21.2 Å². The molecule has 10 heteroatoms. The van der Waals surface area contributed by atoms with E-state index in [4.69, 9.17) is 11.6 Å². The van der Waals surface area contributed by atoms with Gasteiger partial charge in [-0.15, -0.1) is 0 Å². The van der Waals surface area contributed by atoms with E-state index in [0.717, 1.165) is 12.1 Å². The molecule has 0 aliphatic rings. The van der Waals surface area contributed by atoms with Crippen LogP contribution in [0.15, 0.2) is 53.4 Å². The summed E-state index contributed by atoms with van der Waals surface area (Å²) in [5.74, 6) is -0.646. The molecule has 0 heterocycles. The van der Waals surface area contributed by atoms with E-state index < -0.39 is 44.8 Å². The number of hydrogen-bond donors (Lipinski definition) is 1. The third-order valence-corrected chi connectivity index (χ3v) is 6.73. The van der Waals surface area contributed by atoms with Crippen molar-refractivity contribution in [2.75, 3.05) is 10.8 Å². The van der Waals surface area contributed by atoms with Crippen molar-refractivity contribution in [3.8, 4) is 0 Å². The molecule has 1 amide bonds. The number of nitrogens with one attached hydrogen (secondary N) is 1. The minimum atomic E-state index is -4.80. The van der Waals surface area contributed by atoms with Crippen LogP contribution in [0.25, 0.3) is 0 Å². The highest BCUT2D eigenvalue weighted by molar-refractivity contribution is 7.92. The second-order valence-corrected chi connectivity index (χ2v) is 11.9. The van der Waals surface area contributed by atoms with Gasteiger partial charge in [0.1, 0.15) is 6.54 Å². The molecule has 0 spiro atoms. The van der Waals surface area contributed by atoms with Crippen LogP contribution in [0.5, 0.6) is 0 Å². The monoisotopic (exact) mass is 504 g/mol. The number of nitrogens with zero attached hydrogens (tertiary/aromatic N) is 1. The molecule has 0 saturated heterocycles. The highest BCUT2D eigenvalue weighted by atomic mass is 35.5. The SMILES string of the molecule is CC(C)(C)CC(C)(C)NC(=O)CN(c1ccc(Cl)c(C(F)(F)F)c1)S(=O)(=O)c1ccccc1. The Balaban J connectivity index is 2.51. The molecule has 0 aromatic heterocycles. The summed E-state index contributed by atoms with van der Waals surface area (Å²) < 4.78 is 67.6. The molecule has 5 nitrogen and oxygen atoms in total. The van der Waals surface area contributed by atoms with Gasteiger partial charge in [-0.1, -0.05) is 50.6 Å². The molecule has 0 atom stereocenters. The van der Waals surface area contributed by atoms with Gasteiger partial charge in [0.25, 0.3) is 10.0 Å². The number of hydrogen-bond acceptors (Lipinski definition) is 3. The maximum atomic E-state index is 13.4. The average Bonchev–Trinajstić information content (AvgIpc) is 2.64. The zero-order valence-electron chi connectivity index (χ0n) is 19.1. The summed E-state index contributed by atoms with van der Waals surface area (Å²) in [6, 6.07) is 9.95. The third kappa shape index (κ3) is 7.37. The van der Waals surface area contributed by atoms with Crippen LogP contribution in [0.4, 0.5) is 18.9 Å². The molecule has 0 unspecified atom stereocenters. The molecule has 2 aromatic carbocycles. The number of alkyl halides is 3. The smallest absolute Gasteiger partial charge is 0.350 e. The van der Waals surface area contributed by atoms with Gasteiger partial charge in [0.15, 0.2) is 0 Å². The Bertz CT molecular complexity index is 1100. The Morgan fingerprint density at radius 2 is 1.58 bits per heavy atom. The lowest BCUT2D eigenvalue weighted by Gasteiger charge is -2.34. The summed E-state index contributed by atoms with van der Waals surface area (Å²) in [6.45, 7) is 8.90. The summed E-state index contributed by atoms with van der Waals surface area (Å²) in [6.07, 6.45) is -4.21. The van der Waals surface area contributed by atoms with Crippen molar-refractivity contribution in [3.63, 3.8) is 0 Å². The van der Waals surface area contributed by atoms with Gasteiger partial charge in [-0.25, -0.2) is 8.42 Å². The van der Waals surface area contributed by atoms with Crippen molar-refractivity contribution in [1.29, 1.82) is 0 Å². The van der Waals surface area contributed by atoms with Crippen LogP contribution in [0.3, 0.4) is 0 Å². The maximum Gasteiger partial charge on any atom is 0.417 e. The van der Waals surface area contributed by atoms with E-state index in [1.54, 1.807) is 19.9 Å². The fourth-order valence-corrected chi connectivity index (χ4v) is 5.50. The van der Waals surface area contributed by atoms with E-state index >= 15 is 0 Å². The molecule has 2 rings (SSSR count). The fourth-order valence-electron chi connectivity index (χ4n) is 3.84. The Hall–Kier alpha value is -2.26. The Kier molecular flexibility index (Phi) is 7.80. The van der Waals surface area contributed by atoms with E-state index in [2.05, 4.69) is 5.32 Å². The van der Waals surface area contributed by atoms with Gasteiger partial charge in [-0.05, 0) is 56.0 Å². The van der Waals surface area contributed by atoms with Crippen molar-refractivity contribution in [1.82, 2.24) is 5.32 Å². The number of anilines is 1. The summed E-state index contributed by atoms with van der Waals surface area (Å²) >= 11 is 5.70. The third-order valence-electron chi connectivity index (χ3n) is 4.61. The summed E-state index contributed by atoms with van der Waals surface area (Å²) in [5, 5.41) is 2.23. The zero-order chi connectivity index (χ0) is 25.2. The summed E-state index contributed by atoms with van der Waals surface area (Å²) in [5.41, 5.74) is -2.30. The number of benzene rings is 2. The Morgan fingerprint density at radius 1 is 1.00 bits per heavy atom. The molecule has 0 bridgehead atoms. The molecule has 33 heavy (non-hydrogen) atoms. The van der Waals surface area contributed by atoms with Gasteiger partial charge < -0.3 is 5.32 Å². The first-order valence-corrected chi connectivity index (χ1v) is 12.0. The quantitative estimate of drug-likeness (QED) is 0.511. The molecule has 0 saturated carbocycles. The average molecular weight is 505 g/mol. The second kappa shape index (κ2) is 9.54. The van der Waals surface area contributed by atoms with Gasteiger partial charge >= 0.3 is 6.18 Å². The number of halogens is 4. The molecular formula is C23H28ClF3N2O3S. The molecule has 0 fully saturated rings. The molecule has 1 N–H and O–H groups in total. The molecule has 0 radical (unpaired) electrons. The van der Waals surface area contributed by atoms with E-state index in [9.17, 15) is 26.4 Å². The van der Waals surface area contributed by atoms with E-state index in [-0.39, 0.29) is 16.0 Å². The van der Waals surface area contributed by atoms with Crippen LogP contribution in [0, 0.1) is 5.41 Å². The van der Waals surface area contributed by atoms with Crippen molar-refractivity contribution >= 4 is 33.2 Å². The molecule has 0 aliphatic heterocycles. The largest absolute Gasteiger partial charge is 0.417 e. The van der Waals surface area contributed by atoms with Crippen LogP contribution >= 0.6 is 11.6 Å². The first-order chi connectivity index (χ1) is 14.9. The molecule has 182 valence electrons. The molecule has 0 aliphatic carbocycles. The normalized spacial score (nSPS) is 13.0. The van der Waals surface area contributed by atoms with E-state index in [1.165, 1.54) is 24.3 Å². The van der Waals surface area contributed by atoms with Crippen molar-refractivity contribution in [3.05, 3.63) is 59.1 Å². The maximum absolute atomic E-state index is 13.4. The standard InChI is InChI=1S/C23H28ClF3N2O3S/c1-21(2,3)15-22(4,5)28-20(30)14-29(33(31,32)17-9-7-6-8-10-17)16-11-12-19(24)18(13-16)23(25,26)27/h6-13H,14-15H2,1-5H3,(H,28,30). The van der Waals surface area contributed by atoms with Gasteiger partial charge in [0.2, 0.25) is 5.91 Å². The zero-order valence-corrected chi connectivity index (χ0v) is 20.7. The lowest BCUT2D eigenvalue weighted by atomic mass is 9.82. The predicted octanol–water partition coefficient (Wildman–Crippen LogP) is 5.89. The van der Waals surface area contributed by atoms with Crippen LogP contribution in [0.1, 0.15) is 46.6 Å². The highest BCUT2D eigenvalue weighted by Gasteiger charge is 2.36. The van der Waals surface area contributed by atoms with E-state index in [1.807, 2.05) is 20.8 Å². The number of sulfonamides is 1. The number of carbonyl (C=O) groups excluding carboxylic acids is 1. The van der Waals surface area contributed by atoms with Crippen LogP contribution in [-0.4, -0.2) is 26.4 Å². The molecule has 2 aromatic rings. The summed E-state index contributed by atoms with van der Waals surface area (Å²) in [4.78, 5) is 12.7. The lowest BCUT2D eigenvalue weighted by Crippen LogP contribution is -2.50. The number of rotatable bonds is 7. The van der Waals surface area contributed by atoms with Crippen molar-refractivity contribution in [2.24, 2.45) is 5.41 Å². The molecular weight excluding hydrogens is 477 g/mol. The van der Waals surface area contributed by atoms with Crippen LogP contribution in [-0.2, 0) is 21.0 Å². The second-order valence-electron chi connectivity index (χ2n) is 9.66. The van der Waals surface area contributed by atoms with Gasteiger partial charge in [0, 0.05) is 5.54 Å². The van der Waals surface area contributed by atoms with Crippen molar-refractivity contribution < 1.29 is 26.4 Å². The number of carbonyl (C=O) groups is 1. The fraction of sp³-hybridized carbons (Fsp3) is 0.435. The first kappa shape index (κ1) is 27.0. The minimum absolute atomic E-state index is 0.121. The van der Waals surface area contributed by atoms with Gasteiger partial charge in [-0.2, -0.15) is 13.2 Å². The van der Waals surface area contributed by atoms with Crippen LogP contribution in [0.2, 0.25) is 5.02 Å². The van der Waals surface area contributed by atoms with Gasteiger partial charge in [-0.3, -0.25) is 9.10 Å². The Morgan fingerprint density at radius 3 is 2.09 bits per heavy atom.